The van der Waals surface area contributed by atoms with E-state index < -0.39 is 0 Å². The standard InChI is InChI=1S/C17H19N/c1-3-4-5-8-14-18(2)17-13-9-11-15-10-6-7-12-16(15)17/h3-8,10-12,14H,1,9,13H2,2H3/b5-4-,14-8-. The van der Waals surface area contributed by atoms with Gasteiger partial charge in [0.2, 0.25) is 0 Å². The van der Waals surface area contributed by atoms with Crippen molar-refractivity contribution in [2.24, 2.45) is 0 Å². The van der Waals surface area contributed by atoms with Crippen molar-refractivity contribution in [2.45, 2.75) is 12.8 Å². The zero-order valence-corrected chi connectivity index (χ0v) is 10.8. The summed E-state index contributed by atoms with van der Waals surface area (Å²) in [5.41, 5.74) is 1.39. The van der Waals surface area contributed by atoms with Gasteiger partial charge >= 0.3 is 0 Å². The quantitative estimate of drug-likeness (QED) is 0.727. The summed E-state index contributed by atoms with van der Waals surface area (Å²) < 4.78 is 0. The third kappa shape index (κ3) is 2.80. The van der Waals surface area contributed by atoms with Gasteiger partial charge < -0.3 is 4.90 Å². The zero-order chi connectivity index (χ0) is 12.8. The Hall–Kier alpha value is -2.02. The van der Waals surface area contributed by atoms with E-state index in [-0.39, 0.29) is 0 Å². The fourth-order valence-corrected chi connectivity index (χ4v) is 2.21. The Labute approximate surface area is 109 Å². The molecule has 0 spiro atoms. The van der Waals surface area contributed by atoms with E-state index in [4.69, 9.17) is 0 Å². The molecule has 0 radical (unpaired) electrons. The average molecular weight is 237 g/mol. The van der Waals surface area contributed by atoms with Crippen molar-refractivity contribution in [3.63, 3.8) is 0 Å². The molecule has 0 unspecified atom stereocenters. The highest BCUT2D eigenvalue weighted by Crippen LogP contribution is 2.12. The van der Waals surface area contributed by atoms with E-state index in [1.54, 1.807) is 6.08 Å². The maximum Gasteiger partial charge on any atom is 0.0252 e. The number of fused-ring (bicyclic) bond motifs is 1. The maximum atomic E-state index is 3.65. The van der Waals surface area contributed by atoms with Crippen LogP contribution in [0.2, 0.25) is 0 Å². The Kier molecular flexibility index (Phi) is 4.19. The molecule has 0 aromatic heterocycles. The summed E-state index contributed by atoms with van der Waals surface area (Å²) in [7, 11) is 2.11. The molecule has 0 bridgehead atoms. The molecule has 0 aliphatic heterocycles. The second kappa shape index (κ2) is 6.06. The Balaban J connectivity index is 2.33. The second-order valence-electron chi connectivity index (χ2n) is 4.35. The second-order valence-corrected chi connectivity index (χ2v) is 4.35. The number of nitrogens with zero attached hydrogens (tertiary/aromatic N) is 1. The van der Waals surface area contributed by atoms with Gasteiger partial charge in [-0.1, -0.05) is 55.1 Å². The van der Waals surface area contributed by atoms with Crippen LogP contribution < -0.4 is 10.4 Å². The molecule has 1 aliphatic carbocycles. The van der Waals surface area contributed by atoms with Crippen LogP contribution in [0.15, 0.2) is 61.3 Å². The Bertz CT molecular complexity index is 590. The summed E-state index contributed by atoms with van der Waals surface area (Å²) >= 11 is 0. The van der Waals surface area contributed by atoms with Crippen molar-refractivity contribution < 1.29 is 0 Å². The normalized spacial score (nSPS) is 14.6. The molecule has 0 N–H and O–H groups in total. The molecule has 0 amide bonds. The van der Waals surface area contributed by atoms with Gasteiger partial charge in [0, 0.05) is 24.2 Å². The SMILES string of the molecule is C=C/C=C\C=C/N(C)C1=c2ccccc2=CCC1. The van der Waals surface area contributed by atoms with Crippen LogP contribution in [-0.2, 0) is 0 Å². The summed E-state index contributed by atoms with van der Waals surface area (Å²) in [6.07, 6.45) is 14.4. The van der Waals surface area contributed by atoms with Crippen molar-refractivity contribution in [3.05, 3.63) is 71.8 Å². The number of hydrogen-bond acceptors (Lipinski definition) is 1. The molecule has 0 saturated carbocycles. The monoisotopic (exact) mass is 237 g/mol. The predicted molar refractivity (Wildman–Crippen MR) is 79.0 cm³/mol. The van der Waals surface area contributed by atoms with E-state index in [1.165, 1.54) is 16.1 Å². The molecular weight excluding hydrogens is 218 g/mol. The molecule has 0 heterocycles. The highest BCUT2D eigenvalue weighted by atomic mass is 15.1. The van der Waals surface area contributed by atoms with Crippen molar-refractivity contribution in [1.82, 2.24) is 4.90 Å². The van der Waals surface area contributed by atoms with Crippen molar-refractivity contribution in [1.29, 1.82) is 0 Å². The smallest absolute Gasteiger partial charge is 0.0252 e. The minimum Gasteiger partial charge on any atom is -0.354 e. The maximum absolute atomic E-state index is 3.65. The molecule has 1 aromatic rings. The van der Waals surface area contributed by atoms with Gasteiger partial charge in [0.05, 0.1) is 0 Å². The highest BCUT2D eigenvalue weighted by molar-refractivity contribution is 5.50. The van der Waals surface area contributed by atoms with Gasteiger partial charge in [-0.3, -0.25) is 0 Å². The summed E-state index contributed by atoms with van der Waals surface area (Å²) in [4.78, 5) is 2.21. The molecule has 92 valence electrons. The fraction of sp³-hybridized carbons (Fsp3) is 0.176. The van der Waals surface area contributed by atoms with Crippen LogP contribution in [0.5, 0.6) is 0 Å². The molecule has 0 saturated heterocycles. The summed E-state index contributed by atoms with van der Waals surface area (Å²) in [6, 6.07) is 8.59. The lowest BCUT2D eigenvalue weighted by Crippen LogP contribution is -2.33. The molecule has 0 fully saturated rings. The minimum atomic E-state index is 1.10. The predicted octanol–water partition coefficient (Wildman–Crippen LogP) is 2.56. The van der Waals surface area contributed by atoms with E-state index >= 15 is 0 Å². The van der Waals surface area contributed by atoms with Crippen LogP contribution in [0, 0.1) is 0 Å². The third-order valence-electron chi connectivity index (χ3n) is 3.11. The first-order valence-electron chi connectivity index (χ1n) is 6.30. The van der Waals surface area contributed by atoms with Crippen molar-refractivity contribution >= 4 is 11.8 Å². The lowest BCUT2D eigenvalue weighted by atomic mass is 10.0. The number of rotatable bonds is 4. The summed E-state index contributed by atoms with van der Waals surface area (Å²) in [5, 5.41) is 2.70. The van der Waals surface area contributed by atoms with Crippen LogP contribution in [0.1, 0.15) is 12.8 Å². The lowest BCUT2D eigenvalue weighted by Gasteiger charge is -2.20. The first-order chi connectivity index (χ1) is 8.83. The molecule has 2 rings (SSSR count). The van der Waals surface area contributed by atoms with E-state index in [2.05, 4.69) is 55.1 Å². The topological polar surface area (TPSA) is 3.24 Å². The first-order valence-corrected chi connectivity index (χ1v) is 6.30. The molecule has 1 heteroatoms. The van der Waals surface area contributed by atoms with Crippen molar-refractivity contribution in [3.8, 4) is 0 Å². The Morgan fingerprint density at radius 1 is 1.17 bits per heavy atom. The third-order valence-corrected chi connectivity index (χ3v) is 3.11. The van der Waals surface area contributed by atoms with Gasteiger partial charge in [0.15, 0.2) is 0 Å². The van der Waals surface area contributed by atoms with Crippen LogP contribution in [0.25, 0.3) is 11.8 Å². The minimum absolute atomic E-state index is 1.10. The largest absolute Gasteiger partial charge is 0.354 e. The van der Waals surface area contributed by atoms with E-state index in [1.807, 2.05) is 18.2 Å². The van der Waals surface area contributed by atoms with Crippen LogP contribution >= 0.6 is 0 Å². The molecule has 1 aromatic carbocycles. The fourth-order valence-electron chi connectivity index (χ4n) is 2.21. The van der Waals surface area contributed by atoms with E-state index in [9.17, 15) is 0 Å². The van der Waals surface area contributed by atoms with Gasteiger partial charge in [0.1, 0.15) is 0 Å². The highest BCUT2D eigenvalue weighted by Gasteiger charge is 2.06. The summed E-state index contributed by atoms with van der Waals surface area (Å²) in [5.74, 6) is 0. The Morgan fingerprint density at radius 2 is 2.00 bits per heavy atom. The number of hydrogen-bond donors (Lipinski definition) is 0. The van der Waals surface area contributed by atoms with Crippen molar-refractivity contribution in [2.75, 3.05) is 7.05 Å². The van der Waals surface area contributed by atoms with Gasteiger partial charge in [0.25, 0.3) is 0 Å². The van der Waals surface area contributed by atoms with Gasteiger partial charge in [-0.05, 0) is 24.1 Å². The van der Waals surface area contributed by atoms with Crippen LogP contribution in [0.4, 0.5) is 0 Å². The van der Waals surface area contributed by atoms with Crippen LogP contribution in [0.3, 0.4) is 0 Å². The molecule has 1 nitrogen and oxygen atoms in total. The zero-order valence-electron chi connectivity index (χ0n) is 10.8. The van der Waals surface area contributed by atoms with Crippen LogP contribution in [-0.4, -0.2) is 11.9 Å². The number of allylic oxidation sites excluding steroid dienone is 4. The Morgan fingerprint density at radius 3 is 2.83 bits per heavy atom. The molecular formula is C17H19N. The van der Waals surface area contributed by atoms with Gasteiger partial charge in [-0.15, -0.1) is 0 Å². The molecule has 0 atom stereocenters. The average Bonchev–Trinajstić information content (AvgIpc) is 2.43. The van der Waals surface area contributed by atoms with Gasteiger partial charge in [-0.2, -0.15) is 0 Å². The van der Waals surface area contributed by atoms with E-state index in [0.717, 1.165) is 12.8 Å². The number of benzene rings is 1. The van der Waals surface area contributed by atoms with Gasteiger partial charge in [-0.25, -0.2) is 0 Å². The molecule has 1 aliphatic rings. The summed E-state index contributed by atoms with van der Waals surface area (Å²) in [6.45, 7) is 3.65. The lowest BCUT2D eigenvalue weighted by molar-refractivity contribution is 0.617. The first kappa shape index (κ1) is 12.4. The molecule has 18 heavy (non-hydrogen) atoms. The van der Waals surface area contributed by atoms with E-state index in [0.29, 0.717) is 0 Å².